The van der Waals surface area contributed by atoms with Gasteiger partial charge in [0, 0.05) is 18.7 Å². The maximum atomic E-state index is 8.16. The Morgan fingerprint density at radius 3 is 3.11 bits per heavy atom. The number of piperidine rings is 1. The van der Waals surface area contributed by atoms with E-state index < -0.39 is 0 Å². The zero-order valence-corrected chi connectivity index (χ0v) is 5.38. The van der Waals surface area contributed by atoms with Crippen LogP contribution in [-0.2, 0) is 0 Å². The average molecular weight is 128 g/mol. The molecule has 2 N–H and O–H groups in total. The van der Waals surface area contributed by atoms with Gasteiger partial charge in [0.1, 0.15) is 0 Å². The molecule has 1 heterocycles. The second-order valence-corrected chi connectivity index (χ2v) is 2.37. The summed E-state index contributed by atoms with van der Waals surface area (Å²) in [6, 6.07) is 0. The molecule has 0 radical (unpaired) electrons. The van der Waals surface area contributed by atoms with E-state index in [1.165, 1.54) is 6.42 Å². The minimum Gasteiger partial charge on any atom is -0.411 e. The van der Waals surface area contributed by atoms with E-state index in [-0.39, 0.29) is 0 Å². The summed E-state index contributed by atoms with van der Waals surface area (Å²) < 4.78 is 0. The summed E-state index contributed by atoms with van der Waals surface area (Å²) in [4.78, 5) is 0. The number of rotatable bonds is 1. The van der Waals surface area contributed by atoms with Gasteiger partial charge < -0.3 is 10.5 Å². The van der Waals surface area contributed by atoms with Crippen LogP contribution in [0.3, 0.4) is 0 Å². The van der Waals surface area contributed by atoms with Gasteiger partial charge >= 0.3 is 0 Å². The van der Waals surface area contributed by atoms with Crippen LogP contribution in [0.25, 0.3) is 0 Å². The van der Waals surface area contributed by atoms with Crippen LogP contribution in [0.4, 0.5) is 0 Å². The quantitative estimate of drug-likeness (QED) is 0.306. The lowest BCUT2D eigenvalue weighted by molar-refractivity contribution is 0.315. The Morgan fingerprint density at radius 2 is 2.56 bits per heavy atom. The molecule has 52 valence electrons. The third-order valence-electron chi connectivity index (χ3n) is 1.61. The van der Waals surface area contributed by atoms with Crippen molar-refractivity contribution in [3.63, 3.8) is 0 Å². The van der Waals surface area contributed by atoms with Crippen LogP contribution in [0.15, 0.2) is 5.16 Å². The van der Waals surface area contributed by atoms with Crippen molar-refractivity contribution in [1.82, 2.24) is 5.32 Å². The van der Waals surface area contributed by atoms with Crippen LogP contribution in [0.1, 0.15) is 12.8 Å². The minimum absolute atomic E-state index is 0.448. The van der Waals surface area contributed by atoms with Crippen LogP contribution in [-0.4, -0.2) is 24.5 Å². The molecule has 0 aromatic carbocycles. The fourth-order valence-electron chi connectivity index (χ4n) is 1.10. The lowest BCUT2D eigenvalue weighted by Crippen LogP contribution is -2.30. The van der Waals surface area contributed by atoms with Gasteiger partial charge in [-0.2, -0.15) is 0 Å². The standard InChI is InChI=1S/C6H12N2O/c9-8-5-6-2-1-3-7-4-6/h5-7,9H,1-4H2. The largest absolute Gasteiger partial charge is 0.411 e. The van der Waals surface area contributed by atoms with Gasteiger partial charge in [-0.15, -0.1) is 5.16 Å². The van der Waals surface area contributed by atoms with Gasteiger partial charge in [-0.3, -0.25) is 0 Å². The zero-order valence-electron chi connectivity index (χ0n) is 5.38. The van der Waals surface area contributed by atoms with E-state index in [1.807, 2.05) is 0 Å². The molecule has 1 fully saturated rings. The van der Waals surface area contributed by atoms with E-state index in [4.69, 9.17) is 5.21 Å². The number of oxime groups is 1. The third kappa shape index (κ3) is 2.01. The minimum atomic E-state index is 0.448. The summed E-state index contributed by atoms with van der Waals surface area (Å²) in [5.41, 5.74) is 0. The van der Waals surface area contributed by atoms with Gasteiger partial charge in [0.05, 0.1) is 0 Å². The van der Waals surface area contributed by atoms with Crippen molar-refractivity contribution in [1.29, 1.82) is 0 Å². The molecule has 1 saturated heterocycles. The van der Waals surface area contributed by atoms with Gasteiger partial charge in [0.15, 0.2) is 0 Å². The highest BCUT2D eigenvalue weighted by Gasteiger charge is 2.09. The van der Waals surface area contributed by atoms with E-state index in [0.717, 1.165) is 19.5 Å². The average Bonchev–Trinajstić information content (AvgIpc) is 1.91. The Morgan fingerprint density at radius 1 is 1.67 bits per heavy atom. The van der Waals surface area contributed by atoms with Crippen molar-refractivity contribution in [2.45, 2.75) is 12.8 Å². The molecule has 3 heteroatoms. The highest BCUT2D eigenvalue weighted by atomic mass is 16.4. The molecule has 1 atom stereocenters. The Balaban J connectivity index is 2.23. The first-order valence-corrected chi connectivity index (χ1v) is 3.32. The van der Waals surface area contributed by atoms with Crippen molar-refractivity contribution in [2.75, 3.05) is 13.1 Å². The smallest absolute Gasteiger partial charge is 0.0479 e. The first-order valence-electron chi connectivity index (χ1n) is 3.32. The molecule has 0 bridgehead atoms. The number of hydrogen-bond acceptors (Lipinski definition) is 3. The molecule has 0 aromatic heterocycles. The van der Waals surface area contributed by atoms with Gasteiger partial charge in [0.25, 0.3) is 0 Å². The summed E-state index contributed by atoms with van der Waals surface area (Å²) >= 11 is 0. The Labute approximate surface area is 54.8 Å². The topological polar surface area (TPSA) is 44.6 Å². The molecule has 0 aromatic rings. The monoisotopic (exact) mass is 128 g/mol. The van der Waals surface area contributed by atoms with E-state index in [9.17, 15) is 0 Å². The maximum absolute atomic E-state index is 8.16. The molecule has 1 unspecified atom stereocenters. The summed E-state index contributed by atoms with van der Waals surface area (Å²) in [6.45, 7) is 2.07. The number of hydrogen-bond donors (Lipinski definition) is 2. The number of nitrogens with one attached hydrogen (secondary N) is 1. The normalized spacial score (nSPS) is 29.1. The third-order valence-corrected chi connectivity index (χ3v) is 1.61. The van der Waals surface area contributed by atoms with Crippen LogP contribution in [0.2, 0.25) is 0 Å². The first-order chi connectivity index (χ1) is 4.43. The molecule has 0 aliphatic carbocycles. The molecular weight excluding hydrogens is 116 g/mol. The SMILES string of the molecule is ON=CC1CCCNC1. The van der Waals surface area contributed by atoms with E-state index in [2.05, 4.69) is 10.5 Å². The summed E-state index contributed by atoms with van der Waals surface area (Å²) in [5.74, 6) is 0.448. The van der Waals surface area contributed by atoms with Crippen LogP contribution in [0.5, 0.6) is 0 Å². The van der Waals surface area contributed by atoms with Crippen molar-refractivity contribution in [3.05, 3.63) is 0 Å². The Kier molecular flexibility index (Phi) is 2.51. The van der Waals surface area contributed by atoms with Gasteiger partial charge in [0.2, 0.25) is 0 Å². The van der Waals surface area contributed by atoms with Crippen molar-refractivity contribution in [3.8, 4) is 0 Å². The van der Waals surface area contributed by atoms with Crippen molar-refractivity contribution >= 4 is 6.21 Å². The predicted molar refractivity (Wildman–Crippen MR) is 35.9 cm³/mol. The van der Waals surface area contributed by atoms with Crippen molar-refractivity contribution in [2.24, 2.45) is 11.1 Å². The van der Waals surface area contributed by atoms with Crippen LogP contribution >= 0.6 is 0 Å². The molecule has 1 aliphatic heterocycles. The molecule has 1 aliphatic rings. The molecule has 9 heavy (non-hydrogen) atoms. The van der Waals surface area contributed by atoms with Gasteiger partial charge in [-0.05, 0) is 19.4 Å². The lowest BCUT2D eigenvalue weighted by Gasteiger charge is -2.17. The van der Waals surface area contributed by atoms with Crippen LogP contribution < -0.4 is 5.32 Å². The predicted octanol–water partition coefficient (Wildman–Crippen LogP) is 0.446. The lowest BCUT2D eigenvalue weighted by atomic mass is 10.0. The summed E-state index contributed by atoms with van der Waals surface area (Å²) in [7, 11) is 0. The molecule has 1 rings (SSSR count). The zero-order chi connectivity index (χ0) is 6.53. The molecule has 3 nitrogen and oxygen atoms in total. The van der Waals surface area contributed by atoms with E-state index in [0.29, 0.717) is 5.92 Å². The maximum Gasteiger partial charge on any atom is 0.0479 e. The molecule has 0 saturated carbocycles. The molecule has 0 spiro atoms. The first kappa shape index (κ1) is 6.55. The van der Waals surface area contributed by atoms with Crippen molar-refractivity contribution < 1.29 is 5.21 Å². The van der Waals surface area contributed by atoms with E-state index in [1.54, 1.807) is 6.21 Å². The van der Waals surface area contributed by atoms with Crippen LogP contribution in [0, 0.1) is 5.92 Å². The fourth-order valence-corrected chi connectivity index (χ4v) is 1.10. The van der Waals surface area contributed by atoms with Gasteiger partial charge in [-0.25, -0.2) is 0 Å². The highest BCUT2D eigenvalue weighted by Crippen LogP contribution is 2.06. The number of nitrogens with zero attached hydrogens (tertiary/aromatic N) is 1. The fraction of sp³-hybridized carbons (Fsp3) is 0.833. The second-order valence-electron chi connectivity index (χ2n) is 2.37. The molecular formula is C6H12N2O. The Bertz CT molecular complexity index is 97.2. The van der Waals surface area contributed by atoms with Gasteiger partial charge in [-0.1, -0.05) is 0 Å². The molecule has 0 amide bonds. The summed E-state index contributed by atoms with van der Waals surface area (Å²) in [5, 5.41) is 14.4. The van der Waals surface area contributed by atoms with E-state index >= 15 is 0 Å². The second kappa shape index (κ2) is 3.45. The highest BCUT2D eigenvalue weighted by molar-refractivity contribution is 5.60. The Hall–Kier alpha value is -0.570. The summed E-state index contributed by atoms with van der Waals surface area (Å²) in [6.07, 6.45) is 3.94.